The van der Waals surface area contributed by atoms with Crippen LogP contribution in [0, 0.1) is 23.1 Å². The maximum atomic E-state index is 14.1. The second-order valence-electron chi connectivity index (χ2n) is 10.7. The zero-order chi connectivity index (χ0) is 30.4. The maximum Gasteiger partial charge on any atom is 0.416 e. The molecule has 3 amide bonds. The van der Waals surface area contributed by atoms with Crippen LogP contribution in [0.15, 0.2) is 71.3 Å². The van der Waals surface area contributed by atoms with Crippen LogP contribution in [0.25, 0.3) is 0 Å². The van der Waals surface area contributed by atoms with Crippen LogP contribution in [-0.4, -0.2) is 35.6 Å². The predicted molar refractivity (Wildman–Crippen MR) is 154 cm³/mol. The second-order valence-corrected chi connectivity index (χ2v) is 10.7. The van der Waals surface area contributed by atoms with Gasteiger partial charge in [-0.15, -0.1) is 0 Å². The van der Waals surface area contributed by atoms with Crippen molar-refractivity contribution in [1.29, 1.82) is 5.41 Å². The van der Waals surface area contributed by atoms with E-state index < -0.39 is 41.5 Å². The highest BCUT2D eigenvalue weighted by molar-refractivity contribution is 6.05. The van der Waals surface area contributed by atoms with Gasteiger partial charge < -0.3 is 10.2 Å². The summed E-state index contributed by atoms with van der Waals surface area (Å²) in [5.41, 5.74) is 0.622. The molecule has 2 atom stereocenters. The van der Waals surface area contributed by atoms with Gasteiger partial charge in [0.1, 0.15) is 5.82 Å². The Kier molecular flexibility index (Phi) is 9.59. The van der Waals surface area contributed by atoms with Crippen molar-refractivity contribution in [2.45, 2.75) is 57.8 Å². The van der Waals surface area contributed by atoms with Gasteiger partial charge in [0.05, 0.1) is 11.6 Å². The molecular weight excluding hydrogens is 550 g/mol. The van der Waals surface area contributed by atoms with E-state index in [1.807, 2.05) is 19.1 Å². The third kappa shape index (κ3) is 7.71. The molecule has 4 rings (SSSR count). The molecule has 0 aliphatic heterocycles. The number of amides is 3. The van der Waals surface area contributed by atoms with Crippen LogP contribution < -0.4 is 10.6 Å². The number of guanidine groups is 1. The van der Waals surface area contributed by atoms with Gasteiger partial charge in [-0.1, -0.05) is 56.5 Å². The van der Waals surface area contributed by atoms with Crippen molar-refractivity contribution >= 4 is 30.3 Å². The molecule has 1 fully saturated rings. The number of alkyl halides is 3. The molecule has 0 spiro atoms. The number of halogens is 4. The summed E-state index contributed by atoms with van der Waals surface area (Å²) in [4.78, 5) is 30.7. The molecule has 42 heavy (non-hydrogen) atoms. The van der Waals surface area contributed by atoms with E-state index in [4.69, 9.17) is 5.41 Å². The number of anilines is 1. The monoisotopic (exact) mass is 583 g/mol. The van der Waals surface area contributed by atoms with Crippen LogP contribution in [0.5, 0.6) is 0 Å². The van der Waals surface area contributed by atoms with Crippen molar-refractivity contribution in [3.05, 3.63) is 88.8 Å². The maximum absolute atomic E-state index is 14.1. The third-order valence-electron chi connectivity index (χ3n) is 7.61. The van der Waals surface area contributed by atoms with E-state index in [-0.39, 0.29) is 23.7 Å². The molecule has 0 heterocycles. The van der Waals surface area contributed by atoms with E-state index in [9.17, 15) is 27.2 Å². The van der Waals surface area contributed by atoms with Crippen LogP contribution >= 0.6 is 0 Å². The Bertz CT molecular complexity index is 1400. The van der Waals surface area contributed by atoms with Crippen molar-refractivity contribution in [1.82, 2.24) is 10.2 Å². The molecular formula is C31H33F4N5O2. The number of carbonyl (C=O) groups is 2. The molecule has 3 N–H and O–H groups in total. The quantitative estimate of drug-likeness (QED) is 0.189. The fourth-order valence-electron chi connectivity index (χ4n) is 5.45. The standard InChI is InChI=1S/C31H33F4N5O2/c1-19-14-23(21-6-4-3-5-7-21)12-13-27(19)40(18-20-8-10-22(11-9-20)28(41)39-29(36)37-2)30(42)38-26-16-24(31(33,34)35)15-25(32)17-26/h8-17,19,21,27H,2-7,18H2,1H3,(H,38,42)(H2,36,39,41). The van der Waals surface area contributed by atoms with Gasteiger partial charge in [-0.25, -0.2) is 14.2 Å². The molecule has 2 unspecified atom stereocenters. The average Bonchev–Trinajstić information content (AvgIpc) is 2.96. The largest absolute Gasteiger partial charge is 0.416 e. The van der Waals surface area contributed by atoms with Crippen molar-refractivity contribution in [2.75, 3.05) is 5.32 Å². The van der Waals surface area contributed by atoms with E-state index in [1.165, 1.54) is 41.9 Å². The Morgan fingerprint density at radius 2 is 1.79 bits per heavy atom. The molecule has 2 aromatic carbocycles. The number of rotatable bonds is 6. The Morgan fingerprint density at radius 3 is 2.40 bits per heavy atom. The summed E-state index contributed by atoms with van der Waals surface area (Å²) >= 11 is 0. The van der Waals surface area contributed by atoms with Crippen molar-refractivity contribution in [3.63, 3.8) is 0 Å². The van der Waals surface area contributed by atoms with E-state index in [0.717, 1.165) is 18.9 Å². The molecule has 0 saturated heterocycles. The van der Waals surface area contributed by atoms with Crippen molar-refractivity contribution in [3.8, 4) is 0 Å². The lowest BCUT2D eigenvalue weighted by Crippen LogP contribution is -2.45. The molecule has 1 saturated carbocycles. The summed E-state index contributed by atoms with van der Waals surface area (Å²) in [5.74, 6) is -1.70. The minimum atomic E-state index is -4.78. The lowest BCUT2D eigenvalue weighted by molar-refractivity contribution is -0.137. The molecule has 11 heteroatoms. The molecule has 0 bridgehead atoms. The van der Waals surface area contributed by atoms with Crippen LogP contribution in [0.4, 0.5) is 28.0 Å². The average molecular weight is 584 g/mol. The van der Waals surface area contributed by atoms with E-state index >= 15 is 0 Å². The van der Waals surface area contributed by atoms with Gasteiger partial charge in [-0.2, -0.15) is 13.2 Å². The fraction of sp³-hybridized carbons (Fsp3) is 0.355. The molecule has 7 nitrogen and oxygen atoms in total. The number of allylic oxidation sites excluding steroid dienone is 2. The Labute approximate surface area is 241 Å². The zero-order valence-electron chi connectivity index (χ0n) is 23.2. The smallest absolute Gasteiger partial charge is 0.313 e. The first-order valence-electron chi connectivity index (χ1n) is 13.8. The summed E-state index contributed by atoms with van der Waals surface area (Å²) in [6.07, 6.45) is 7.14. The summed E-state index contributed by atoms with van der Waals surface area (Å²) in [5, 5.41) is 12.2. The third-order valence-corrected chi connectivity index (χ3v) is 7.61. The van der Waals surface area contributed by atoms with E-state index in [0.29, 0.717) is 23.6 Å². The SMILES string of the molecule is C=NC(=N)NC(=O)c1ccc(CN(C(=O)Nc2cc(F)cc(C(F)(F)F)c2)C2C=CC(C3CCCCC3)=CC2C)cc1. The highest BCUT2D eigenvalue weighted by Crippen LogP contribution is 2.35. The van der Waals surface area contributed by atoms with Crippen LogP contribution in [0.1, 0.15) is 60.5 Å². The number of hydrogen-bond donors (Lipinski definition) is 3. The highest BCUT2D eigenvalue weighted by atomic mass is 19.4. The lowest BCUT2D eigenvalue weighted by Gasteiger charge is -2.36. The number of carbonyl (C=O) groups excluding carboxylic acids is 2. The summed E-state index contributed by atoms with van der Waals surface area (Å²) in [7, 11) is 0. The normalized spacial score (nSPS) is 19.0. The second kappa shape index (κ2) is 13.1. The van der Waals surface area contributed by atoms with Crippen molar-refractivity contribution in [2.24, 2.45) is 16.8 Å². The highest BCUT2D eigenvalue weighted by Gasteiger charge is 2.33. The van der Waals surface area contributed by atoms with Gasteiger partial charge in [-0.05, 0) is 72.9 Å². The molecule has 0 radical (unpaired) electrons. The Morgan fingerprint density at radius 1 is 1.10 bits per heavy atom. The Balaban J connectivity index is 1.59. The number of nitrogens with zero attached hydrogens (tertiary/aromatic N) is 2. The van der Waals surface area contributed by atoms with Gasteiger partial charge in [0.2, 0.25) is 5.96 Å². The van der Waals surface area contributed by atoms with Gasteiger partial charge in [0.15, 0.2) is 0 Å². The molecule has 222 valence electrons. The topological polar surface area (TPSA) is 97.7 Å². The fourth-order valence-corrected chi connectivity index (χ4v) is 5.45. The minimum absolute atomic E-state index is 0.0607. The lowest BCUT2D eigenvalue weighted by atomic mass is 9.79. The van der Waals surface area contributed by atoms with Gasteiger partial charge in [0, 0.05) is 17.8 Å². The van der Waals surface area contributed by atoms with Crippen LogP contribution in [0.3, 0.4) is 0 Å². The van der Waals surface area contributed by atoms with E-state index in [2.05, 4.69) is 28.4 Å². The van der Waals surface area contributed by atoms with Crippen LogP contribution in [0.2, 0.25) is 0 Å². The first-order valence-corrected chi connectivity index (χ1v) is 13.8. The van der Waals surface area contributed by atoms with Crippen LogP contribution in [-0.2, 0) is 12.7 Å². The number of urea groups is 1. The summed E-state index contributed by atoms with van der Waals surface area (Å²) in [6, 6.07) is 7.13. The zero-order valence-corrected chi connectivity index (χ0v) is 23.2. The van der Waals surface area contributed by atoms with Crippen molar-refractivity contribution < 1.29 is 27.2 Å². The summed E-state index contributed by atoms with van der Waals surface area (Å²) < 4.78 is 53.9. The predicted octanol–water partition coefficient (Wildman–Crippen LogP) is 7.32. The first-order chi connectivity index (χ1) is 19.9. The number of aliphatic imine (C=N–C) groups is 1. The first kappa shape index (κ1) is 30.7. The van der Waals surface area contributed by atoms with Gasteiger partial charge in [-0.3, -0.25) is 15.5 Å². The molecule has 2 aliphatic carbocycles. The minimum Gasteiger partial charge on any atom is -0.313 e. The number of nitrogens with one attached hydrogen (secondary N) is 3. The van der Waals surface area contributed by atoms with E-state index in [1.54, 1.807) is 12.1 Å². The number of benzene rings is 2. The van der Waals surface area contributed by atoms with Gasteiger partial charge in [0.25, 0.3) is 5.91 Å². The Hall–Kier alpha value is -4.28. The summed E-state index contributed by atoms with van der Waals surface area (Å²) in [6.45, 7) is 5.23. The molecule has 0 aromatic heterocycles. The van der Waals surface area contributed by atoms with Gasteiger partial charge >= 0.3 is 12.2 Å². The molecule has 2 aromatic rings. The number of hydrogen-bond acceptors (Lipinski definition) is 3. The molecule has 2 aliphatic rings.